The van der Waals surface area contributed by atoms with Gasteiger partial charge in [-0.1, -0.05) is 6.07 Å². The van der Waals surface area contributed by atoms with Crippen LogP contribution in [0.1, 0.15) is 30.9 Å². The van der Waals surface area contributed by atoms with E-state index in [-0.39, 0.29) is 4.90 Å². The Labute approximate surface area is 118 Å². The number of aromatic amines is 1. The summed E-state index contributed by atoms with van der Waals surface area (Å²) in [7, 11) is -3.67. The molecule has 0 amide bonds. The average molecular weight is 294 g/mol. The number of aromatic nitrogens is 3. The summed E-state index contributed by atoms with van der Waals surface area (Å²) < 4.78 is 27.7. The summed E-state index contributed by atoms with van der Waals surface area (Å²) in [5.74, 6) is 0. The standard InChI is InChI=1S/C13H18N4O2S/c1-9-12(10(2)16-15-9)20(18,19)17-13(3,4)11-7-5-6-8-14-11/h5-8,17H,1-4H3,(H,15,16). The number of sulfonamides is 1. The van der Waals surface area contributed by atoms with E-state index in [9.17, 15) is 8.42 Å². The molecule has 0 saturated carbocycles. The third-order valence-corrected chi connectivity index (χ3v) is 4.94. The van der Waals surface area contributed by atoms with Crippen LogP contribution < -0.4 is 4.72 Å². The predicted octanol–water partition coefficient (Wildman–Crippen LogP) is 1.64. The van der Waals surface area contributed by atoms with Crippen molar-refractivity contribution in [2.45, 2.75) is 38.1 Å². The van der Waals surface area contributed by atoms with Crippen molar-refractivity contribution in [3.05, 3.63) is 41.5 Å². The Morgan fingerprint density at radius 2 is 1.95 bits per heavy atom. The summed E-state index contributed by atoms with van der Waals surface area (Å²) in [6, 6.07) is 5.41. The van der Waals surface area contributed by atoms with Gasteiger partial charge in [0.25, 0.3) is 0 Å². The molecule has 6 nitrogen and oxygen atoms in total. The first-order chi connectivity index (χ1) is 9.24. The Hall–Kier alpha value is -1.73. The van der Waals surface area contributed by atoms with Gasteiger partial charge in [0.2, 0.25) is 10.0 Å². The van der Waals surface area contributed by atoms with Crippen LogP contribution in [0.25, 0.3) is 0 Å². The van der Waals surface area contributed by atoms with Gasteiger partial charge in [-0.25, -0.2) is 8.42 Å². The lowest BCUT2D eigenvalue weighted by Crippen LogP contribution is -2.41. The predicted molar refractivity (Wildman–Crippen MR) is 75.6 cm³/mol. The van der Waals surface area contributed by atoms with Gasteiger partial charge in [-0.3, -0.25) is 10.1 Å². The highest BCUT2D eigenvalue weighted by Gasteiger charge is 2.31. The lowest BCUT2D eigenvalue weighted by Gasteiger charge is -2.25. The average Bonchev–Trinajstić information content (AvgIpc) is 2.69. The van der Waals surface area contributed by atoms with Gasteiger partial charge < -0.3 is 0 Å². The largest absolute Gasteiger partial charge is 0.281 e. The van der Waals surface area contributed by atoms with Crippen LogP contribution in [0.2, 0.25) is 0 Å². The van der Waals surface area contributed by atoms with Gasteiger partial charge in [0.15, 0.2) is 0 Å². The molecule has 2 heterocycles. The fourth-order valence-electron chi connectivity index (χ4n) is 2.11. The van der Waals surface area contributed by atoms with Gasteiger partial charge in [0.05, 0.1) is 22.6 Å². The Kier molecular flexibility index (Phi) is 3.66. The minimum absolute atomic E-state index is 0.196. The Morgan fingerprint density at radius 1 is 1.25 bits per heavy atom. The number of nitrogens with one attached hydrogen (secondary N) is 2. The Bertz CT molecular complexity index is 686. The highest BCUT2D eigenvalue weighted by atomic mass is 32.2. The van der Waals surface area contributed by atoms with Gasteiger partial charge in [-0.2, -0.15) is 9.82 Å². The van der Waals surface area contributed by atoms with Crippen molar-refractivity contribution in [1.82, 2.24) is 19.9 Å². The molecule has 0 saturated heterocycles. The molecule has 2 aromatic heterocycles. The summed E-state index contributed by atoms with van der Waals surface area (Å²) in [5, 5.41) is 6.61. The molecule has 0 bridgehead atoms. The van der Waals surface area contributed by atoms with Crippen LogP contribution in [0, 0.1) is 13.8 Å². The second-order valence-corrected chi connectivity index (χ2v) is 6.83. The minimum atomic E-state index is -3.67. The van der Waals surface area contributed by atoms with E-state index in [1.165, 1.54) is 0 Å². The number of hydrogen-bond donors (Lipinski definition) is 2. The lowest BCUT2D eigenvalue weighted by atomic mass is 10.0. The van der Waals surface area contributed by atoms with E-state index in [0.29, 0.717) is 17.1 Å². The third kappa shape index (κ3) is 2.73. The normalized spacial score (nSPS) is 12.6. The van der Waals surface area contributed by atoms with Crippen LogP contribution in [0.5, 0.6) is 0 Å². The number of rotatable bonds is 4. The smallest absolute Gasteiger partial charge is 0.245 e. The van der Waals surface area contributed by atoms with Crippen molar-refractivity contribution in [2.75, 3.05) is 0 Å². The molecule has 7 heteroatoms. The molecule has 0 fully saturated rings. The van der Waals surface area contributed by atoms with Crippen molar-refractivity contribution >= 4 is 10.0 Å². The zero-order valence-corrected chi connectivity index (χ0v) is 12.7. The molecule has 0 aliphatic rings. The topological polar surface area (TPSA) is 87.7 Å². The summed E-state index contributed by atoms with van der Waals surface area (Å²) >= 11 is 0. The highest BCUT2D eigenvalue weighted by Crippen LogP contribution is 2.23. The summed E-state index contributed by atoms with van der Waals surface area (Å²) in [4.78, 5) is 4.41. The molecule has 0 unspecified atom stereocenters. The van der Waals surface area contributed by atoms with E-state index < -0.39 is 15.6 Å². The van der Waals surface area contributed by atoms with Gasteiger partial charge in [0, 0.05) is 6.20 Å². The van der Waals surface area contributed by atoms with Gasteiger partial charge in [-0.15, -0.1) is 0 Å². The van der Waals surface area contributed by atoms with Crippen LogP contribution in [-0.2, 0) is 15.6 Å². The maximum Gasteiger partial charge on any atom is 0.245 e. The zero-order valence-electron chi connectivity index (χ0n) is 11.9. The van der Waals surface area contributed by atoms with Crippen molar-refractivity contribution in [1.29, 1.82) is 0 Å². The molecule has 0 atom stereocenters. The number of pyridine rings is 1. The number of hydrogen-bond acceptors (Lipinski definition) is 4. The summed E-state index contributed by atoms with van der Waals surface area (Å²) in [6.45, 7) is 6.89. The number of H-pyrrole nitrogens is 1. The molecule has 0 radical (unpaired) electrons. The molecule has 0 aliphatic carbocycles. The van der Waals surface area contributed by atoms with Crippen molar-refractivity contribution in [3.63, 3.8) is 0 Å². The quantitative estimate of drug-likeness (QED) is 0.897. The molecule has 108 valence electrons. The zero-order chi connectivity index (χ0) is 15.0. The molecule has 0 aliphatic heterocycles. The lowest BCUT2D eigenvalue weighted by molar-refractivity contribution is 0.459. The molecule has 2 aromatic rings. The molecule has 0 aromatic carbocycles. The summed E-state index contributed by atoms with van der Waals surface area (Å²) in [5.41, 5.74) is 0.817. The SMILES string of the molecule is Cc1n[nH]c(C)c1S(=O)(=O)NC(C)(C)c1ccccn1. The van der Waals surface area contributed by atoms with E-state index in [1.807, 2.05) is 6.07 Å². The van der Waals surface area contributed by atoms with Gasteiger partial charge in [0.1, 0.15) is 4.90 Å². The van der Waals surface area contributed by atoms with E-state index >= 15 is 0 Å². The monoisotopic (exact) mass is 294 g/mol. The second kappa shape index (κ2) is 4.99. The van der Waals surface area contributed by atoms with Crippen LogP contribution in [-0.4, -0.2) is 23.6 Å². The first-order valence-corrected chi connectivity index (χ1v) is 7.69. The molecular formula is C13H18N4O2S. The number of nitrogens with zero attached hydrogens (tertiary/aromatic N) is 2. The fraction of sp³-hybridized carbons (Fsp3) is 0.385. The fourth-order valence-corrected chi connectivity index (χ4v) is 3.87. The highest BCUT2D eigenvalue weighted by molar-refractivity contribution is 7.89. The Morgan fingerprint density at radius 3 is 2.45 bits per heavy atom. The van der Waals surface area contributed by atoms with E-state index in [4.69, 9.17) is 0 Å². The molecule has 0 spiro atoms. The van der Waals surface area contributed by atoms with Crippen LogP contribution in [0.3, 0.4) is 0 Å². The second-order valence-electron chi connectivity index (χ2n) is 5.21. The van der Waals surface area contributed by atoms with Gasteiger partial charge in [-0.05, 0) is 39.8 Å². The Balaban J connectivity index is 2.39. The molecule has 20 heavy (non-hydrogen) atoms. The van der Waals surface area contributed by atoms with Crippen molar-refractivity contribution < 1.29 is 8.42 Å². The first kappa shape index (κ1) is 14.7. The van der Waals surface area contributed by atoms with E-state index in [1.54, 1.807) is 46.0 Å². The number of aryl methyl sites for hydroxylation is 2. The van der Waals surface area contributed by atoms with E-state index in [0.717, 1.165) is 0 Å². The third-order valence-electron chi connectivity index (χ3n) is 3.02. The van der Waals surface area contributed by atoms with Gasteiger partial charge >= 0.3 is 0 Å². The molecular weight excluding hydrogens is 276 g/mol. The van der Waals surface area contributed by atoms with E-state index in [2.05, 4.69) is 19.9 Å². The summed E-state index contributed by atoms with van der Waals surface area (Å²) in [6.07, 6.45) is 1.64. The van der Waals surface area contributed by atoms with Crippen LogP contribution >= 0.6 is 0 Å². The van der Waals surface area contributed by atoms with Crippen molar-refractivity contribution in [3.8, 4) is 0 Å². The maximum absolute atomic E-state index is 12.5. The molecule has 2 N–H and O–H groups in total. The van der Waals surface area contributed by atoms with Crippen LogP contribution in [0.4, 0.5) is 0 Å². The first-order valence-electron chi connectivity index (χ1n) is 6.21. The minimum Gasteiger partial charge on any atom is -0.281 e. The molecule has 2 rings (SSSR count). The maximum atomic E-state index is 12.5. The van der Waals surface area contributed by atoms with Crippen LogP contribution in [0.15, 0.2) is 29.3 Å². The van der Waals surface area contributed by atoms with Crippen molar-refractivity contribution in [2.24, 2.45) is 0 Å².